The van der Waals surface area contributed by atoms with Crippen LogP contribution in [0.25, 0.3) is 0 Å². The van der Waals surface area contributed by atoms with E-state index < -0.39 is 0 Å². The Morgan fingerprint density at radius 1 is 1.31 bits per heavy atom. The van der Waals surface area contributed by atoms with Crippen LogP contribution in [0.15, 0.2) is 0 Å². The van der Waals surface area contributed by atoms with E-state index in [0.717, 1.165) is 18.2 Å². The van der Waals surface area contributed by atoms with E-state index in [2.05, 4.69) is 47.8 Å². The summed E-state index contributed by atoms with van der Waals surface area (Å²) in [6.07, 6.45) is 2.37. The molecule has 1 aliphatic rings. The summed E-state index contributed by atoms with van der Waals surface area (Å²) in [4.78, 5) is 4.67. The van der Waals surface area contributed by atoms with Crippen molar-refractivity contribution in [1.29, 1.82) is 0 Å². The van der Waals surface area contributed by atoms with Gasteiger partial charge in [-0.25, -0.2) is 9.67 Å². The maximum Gasteiger partial charge on any atom is 0.153 e. The van der Waals surface area contributed by atoms with Crippen molar-refractivity contribution in [3.05, 3.63) is 11.6 Å². The van der Waals surface area contributed by atoms with Crippen LogP contribution in [0.2, 0.25) is 0 Å². The van der Waals surface area contributed by atoms with Crippen LogP contribution in [-0.2, 0) is 6.54 Å². The monoisotopic (exact) mass is 222 g/mol. The highest BCUT2D eigenvalue weighted by atomic mass is 15.4. The van der Waals surface area contributed by atoms with Crippen LogP contribution in [0.3, 0.4) is 0 Å². The third-order valence-electron chi connectivity index (χ3n) is 2.94. The number of fused-ring (bicyclic) bond motifs is 1. The molecule has 1 N–H and O–H groups in total. The zero-order valence-electron chi connectivity index (χ0n) is 10.7. The molecule has 0 bridgehead atoms. The molecule has 2 heterocycles. The maximum absolute atomic E-state index is 4.67. The van der Waals surface area contributed by atoms with Gasteiger partial charge in [0, 0.05) is 18.5 Å². The van der Waals surface area contributed by atoms with E-state index >= 15 is 0 Å². The highest BCUT2D eigenvalue weighted by Gasteiger charge is 2.24. The summed E-state index contributed by atoms with van der Waals surface area (Å²) >= 11 is 0. The van der Waals surface area contributed by atoms with E-state index in [1.54, 1.807) is 0 Å². The number of nitrogens with zero attached hydrogens (tertiary/aromatic N) is 3. The topological polar surface area (TPSA) is 42.7 Å². The van der Waals surface area contributed by atoms with Crippen molar-refractivity contribution < 1.29 is 0 Å². The molecule has 1 aliphatic heterocycles. The fourth-order valence-corrected chi connectivity index (χ4v) is 2.17. The van der Waals surface area contributed by atoms with Crippen molar-refractivity contribution in [3.63, 3.8) is 0 Å². The third-order valence-corrected chi connectivity index (χ3v) is 2.94. The van der Waals surface area contributed by atoms with Gasteiger partial charge < -0.3 is 5.32 Å². The lowest BCUT2D eigenvalue weighted by Crippen LogP contribution is -2.33. The van der Waals surface area contributed by atoms with Crippen LogP contribution in [0.5, 0.6) is 0 Å². The molecule has 2 rings (SSSR count). The highest BCUT2D eigenvalue weighted by molar-refractivity contribution is 5.04. The van der Waals surface area contributed by atoms with Gasteiger partial charge in [0.25, 0.3) is 0 Å². The van der Waals surface area contributed by atoms with Gasteiger partial charge in [-0.2, -0.15) is 5.10 Å². The number of nitrogens with one attached hydrogen (secondary N) is 1. The predicted octanol–water partition coefficient (Wildman–Crippen LogP) is 2.23. The summed E-state index contributed by atoms with van der Waals surface area (Å²) in [6.45, 7) is 9.67. The Morgan fingerprint density at radius 3 is 2.69 bits per heavy atom. The molecule has 0 amide bonds. The molecule has 0 spiro atoms. The number of aromatic nitrogens is 3. The second kappa shape index (κ2) is 4.53. The van der Waals surface area contributed by atoms with E-state index in [4.69, 9.17) is 0 Å². The normalized spacial score (nSPS) is 20.5. The summed E-state index contributed by atoms with van der Waals surface area (Å²) < 4.78 is 2.08. The molecule has 0 saturated carbocycles. The Morgan fingerprint density at radius 2 is 2.06 bits per heavy atom. The number of aryl methyl sites for hydroxylation is 1. The van der Waals surface area contributed by atoms with Gasteiger partial charge in [0.2, 0.25) is 0 Å². The molecule has 0 radical (unpaired) electrons. The van der Waals surface area contributed by atoms with Crippen LogP contribution < -0.4 is 5.32 Å². The second-order valence-corrected chi connectivity index (χ2v) is 5.22. The van der Waals surface area contributed by atoms with E-state index in [9.17, 15) is 0 Å². The quantitative estimate of drug-likeness (QED) is 0.853. The fraction of sp³-hybridized carbons (Fsp3) is 0.833. The molecule has 0 aromatic carbocycles. The first kappa shape index (κ1) is 11.6. The van der Waals surface area contributed by atoms with Crippen molar-refractivity contribution in [2.45, 2.75) is 65.1 Å². The molecule has 90 valence electrons. The van der Waals surface area contributed by atoms with Crippen molar-refractivity contribution in [1.82, 2.24) is 20.1 Å². The largest absolute Gasteiger partial charge is 0.305 e. The fourth-order valence-electron chi connectivity index (χ4n) is 2.17. The lowest BCUT2D eigenvalue weighted by Gasteiger charge is -2.24. The summed E-state index contributed by atoms with van der Waals surface area (Å²) in [5, 5.41) is 8.14. The van der Waals surface area contributed by atoms with Crippen molar-refractivity contribution in [3.8, 4) is 0 Å². The van der Waals surface area contributed by atoms with Crippen molar-refractivity contribution >= 4 is 0 Å². The van der Waals surface area contributed by atoms with E-state index in [1.807, 2.05) is 0 Å². The Labute approximate surface area is 97.5 Å². The second-order valence-electron chi connectivity index (χ2n) is 5.22. The van der Waals surface area contributed by atoms with E-state index in [1.165, 1.54) is 12.8 Å². The minimum atomic E-state index is 0.383. The van der Waals surface area contributed by atoms with Crippen LogP contribution >= 0.6 is 0 Å². The Hall–Kier alpha value is -0.900. The Balaban J connectivity index is 2.24. The minimum absolute atomic E-state index is 0.383. The Bertz CT molecular complexity index is 354. The number of rotatable bonds is 3. The molecule has 16 heavy (non-hydrogen) atoms. The van der Waals surface area contributed by atoms with Gasteiger partial charge in [-0.1, -0.05) is 27.7 Å². The van der Waals surface area contributed by atoms with Gasteiger partial charge in [0.1, 0.15) is 5.82 Å². The first-order valence-electron chi connectivity index (χ1n) is 6.28. The lowest BCUT2D eigenvalue weighted by atomic mass is 10.1. The lowest BCUT2D eigenvalue weighted by molar-refractivity contribution is 0.348. The molecular weight excluding hydrogens is 200 g/mol. The highest BCUT2D eigenvalue weighted by Crippen LogP contribution is 2.25. The van der Waals surface area contributed by atoms with Crippen LogP contribution in [-0.4, -0.2) is 20.8 Å². The van der Waals surface area contributed by atoms with Crippen LogP contribution in [0, 0.1) is 0 Å². The summed E-state index contributed by atoms with van der Waals surface area (Å²) in [5.41, 5.74) is 0. The molecule has 1 aromatic heterocycles. The molecule has 1 aromatic rings. The third kappa shape index (κ3) is 2.26. The van der Waals surface area contributed by atoms with Gasteiger partial charge in [-0.15, -0.1) is 0 Å². The summed E-state index contributed by atoms with van der Waals surface area (Å²) in [6, 6.07) is 0.879. The minimum Gasteiger partial charge on any atom is -0.305 e. The molecule has 0 aliphatic carbocycles. The average Bonchev–Trinajstić information content (AvgIpc) is 2.61. The number of hydrogen-bond donors (Lipinski definition) is 1. The SMILES string of the molecule is CC(C)NC1CCCn2nc(C(C)C)nc21. The molecule has 1 atom stereocenters. The number of hydrogen-bond acceptors (Lipinski definition) is 3. The first-order valence-corrected chi connectivity index (χ1v) is 6.28. The zero-order chi connectivity index (χ0) is 11.7. The molecule has 1 unspecified atom stereocenters. The van der Waals surface area contributed by atoms with Gasteiger partial charge in [0.15, 0.2) is 5.82 Å². The first-order chi connectivity index (χ1) is 7.58. The van der Waals surface area contributed by atoms with Crippen LogP contribution in [0.1, 0.15) is 64.1 Å². The summed E-state index contributed by atoms with van der Waals surface area (Å²) in [7, 11) is 0. The van der Waals surface area contributed by atoms with Gasteiger partial charge in [-0.05, 0) is 12.8 Å². The zero-order valence-corrected chi connectivity index (χ0v) is 10.7. The molecule has 0 fully saturated rings. The molecule has 4 heteroatoms. The van der Waals surface area contributed by atoms with Gasteiger partial charge in [0.05, 0.1) is 6.04 Å². The standard InChI is InChI=1S/C12H22N4/c1-8(2)11-14-12-10(13-9(3)4)6-5-7-16(12)15-11/h8-10,13H,5-7H2,1-4H3. The van der Waals surface area contributed by atoms with Crippen molar-refractivity contribution in [2.24, 2.45) is 0 Å². The van der Waals surface area contributed by atoms with E-state index in [-0.39, 0.29) is 0 Å². The molecule has 4 nitrogen and oxygen atoms in total. The maximum atomic E-state index is 4.67. The smallest absolute Gasteiger partial charge is 0.153 e. The summed E-state index contributed by atoms with van der Waals surface area (Å²) in [5.74, 6) is 2.52. The predicted molar refractivity (Wildman–Crippen MR) is 64.4 cm³/mol. The molecule has 0 saturated heterocycles. The van der Waals surface area contributed by atoms with E-state index in [0.29, 0.717) is 18.0 Å². The molecular formula is C12H22N4. The van der Waals surface area contributed by atoms with Gasteiger partial charge >= 0.3 is 0 Å². The van der Waals surface area contributed by atoms with Gasteiger partial charge in [-0.3, -0.25) is 0 Å². The van der Waals surface area contributed by atoms with Crippen LogP contribution in [0.4, 0.5) is 0 Å². The van der Waals surface area contributed by atoms with Crippen molar-refractivity contribution in [2.75, 3.05) is 0 Å². The average molecular weight is 222 g/mol. The Kier molecular flexibility index (Phi) is 3.28.